The Labute approximate surface area is 188 Å². The number of aryl methyl sites for hydroxylation is 1. The third kappa shape index (κ3) is 4.07. The Balaban J connectivity index is 1.32. The number of H-pyrrole nitrogens is 1. The molecular formula is C24H23F3N4O2. The highest BCUT2D eigenvalue weighted by Gasteiger charge is 2.49. The normalized spacial score (nSPS) is 22.1. The number of aromatic nitrogens is 3. The molecule has 3 unspecified atom stereocenters. The topological polar surface area (TPSA) is 71.1 Å². The zero-order valence-electron chi connectivity index (χ0n) is 18.0. The lowest BCUT2D eigenvalue weighted by Crippen LogP contribution is -2.37. The lowest BCUT2D eigenvalue weighted by Gasteiger charge is -2.25. The molecule has 6 nitrogen and oxygen atoms in total. The van der Waals surface area contributed by atoms with Gasteiger partial charge in [0.1, 0.15) is 5.69 Å². The number of halogens is 3. The Bertz CT molecular complexity index is 1180. The van der Waals surface area contributed by atoms with Crippen molar-refractivity contribution in [3.63, 3.8) is 0 Å². The van der Waals surface area contributed by atoms with Crippen LogP contribution in [0.2, 0.25) is 0 Å². The van der Waals surface area contributed by atoms with E-state index in [1.165, 1.54) is 12.1 Å². The molecular weight excluding hydrogens is 433 g/mol. The second kappa shape index (κ2) is 8.20. The number of pyridine rings is 1. The highest BCUT2D eigenvalue weighted by molar-refractivity contribution is 6.01. The summed E-state index contributed by atoms with van der Waals surface area (Å²) in [4.78, 5) is 19.1. The van der Waals surface area contributed by atoms with Crippen LogP contribution in [-0.2, 0) is 6.18 Å². The second-order valence-corrected chi connectivity index (χ2v) is 8.66. The molecule has 2 aliphatic heterocycles. The summed E-state index contributed by atoms with van der Waals surface area (Å²) in [6, 6.07) is 13.1. The predicted molar refractivity (Wildman–Crippen MR) is 115 cm³/mol. The van der Waals surface area contributed by atoms with Crippen molar-refractivity contribution in [3.05, 3.63) is 65.5 Å². The highest BCUT2D eigenvalue weighted by Crippen LogP contribution is 2.43. The van der Waals surface area contributed by atoms with Crippen LogP contribution >= 0.6 is 0 Å². The summed E-state index contributed by atoms with van der Waals surface area (Å²) >= 11 is 0. The number of fused-ring (bicyclic) bond motifs is 2. The minimum absolute atomic E-state index is 0.0118. The van der Waals surface area contributed by atoms with E-state index in [0.717, 1.165) is 42.3 Å². The van der Waals surface area contributed by atoms with E-state index in [2.05, 4.69) is 15.2 Å². The molecule has 1 N–H and O–H groups in total. The number of benzene rings is 1. The molecule has 172 valence electrons. The molecule has 2 fully saturated rings. The van der Waals surface area contributed by atoms with Crippen LogP contribution in [0.4, 0.5) is 13.2 Å². The van der Waals surface area contributed by atoms with Gasteiger partial charge in [0.2, 0.25) is 5.88 Å². The largest absolute Gasteiger partial charge is 0.477 e. The maximum Gasteiger partial charge on any atom is 0.433 e. The standard InChI is InChI=1S/C24H23F3N4O2/c1-14-11-19(30-29-14)17-5-2-3-6-18(17)23(32)31-16-9-10-20(31)15(12-16)13-33-22-8-4-7-21(28-22)24(25,26)27/h2-8,11,15-16,20H,9-10,12-13H2,1H3,(H,29,30). The number of nitrogens with one attached hydrogen (secondary N) is 1. The lowest BCUT2D eigenvalue weighted by molar-refractivity contribution is -0.141. The van der Waals surface area contributed by atoms with Crippen LogP contribution in [0.1, 0.15) is 41.0 Å². The zero-order chi connectivity index (χ0) is 23.2. The number of ether oxygens (including phenoxy) is 1. The number of alkyl halides is 3. The zero-order valence-corrected chi connectivity index (χ0v) is 18.0. The summed E-state index contributed by atoms with van der Waals surface area (Å²) in [6.07, 6.45) is -1.99. The van der Waals surface area contributed by atoms with Crippen molar-refractivity contribution in [3.8, 4) is 17.1 Å². The first kappa shape index (κ1) is 21.5. The fourth-order valence-electron chi connectivity index (χ4n) is 5.04. The van der Waals surface area contributed by atoms with E-state index < -0.39 is 11.9 Å². The summed E-state index contributed by atoms with van der Waals surface area (Å²) in [6.45, 7) is 2.13. The number of amides is 1. The summed E-state index contributed by atoms with van der Waals surface area (Å²) in [5.74, 6) is -0.0491. The smallest absolute Gasteiger partial charge is 0.433 e. The van der Waals surface area contributed by atoms with Gasteiger partial charge in [0, 0.05) is 40.9 Å². The van der Waals surface area contributed by atoms with Gasteiger partial charge >= 0.3 is 6.18 Å². The Morgan fingerprint density at radius 2 is 2.00 bits per heavy atom. The average Bonchev–Trinajstić information content (AvgIpc) is 3.51. The average molecular weight is 456 g/mol. The van der Waals surface area contributed by atoms with Crippen LogP contribution < -0.4 is 4.74 Å². The maximum absolute atomic E-state index is 13.6. The maximum atomic E-state index is 13.6. The van der Waals surface area contributed by atoms with Crippen molar-refractivity contribution < 1.29 is 22.7 Å². The first-order chi connectivity index (χ1) is 15.8. The van der Waals surface area contributed by atoms with Gasteiger partial charge in [-0.1, -0.05) is 24.3 Å². The Hall–Kier alpha value is -3.36. The second-order valence-electron chi connectivity index (χ2n) is 8.66. The Kier molecular flexibility index (Phi) is 5.34. The molecule has 0 spiro atoms. The highest BCUT2D eigenvalue weighted by atomic mass is 19.4. The Morgan fingerprint density at radius 3 is 2.76 bits per heavy atom. The number of rotatable bonds is 5. The molecule has 4 heterocycles. The molecule has 3 atom stereocenters. The number of aromatic amines is 1. The SMILES string of the molecule is Cc1cc(-c2ccccc2C(=O)N2C3CCC2C(COc2cccc(C(F)(F)F)n2)C3)n[nH]1. The van der Waals surface area contributed by atoms with Crippen molar-refractivity contribution in [2.24, 2.45) is 5.92 Å². The number of hydrogen-bond donors (Lipinski definition) is 1. The third-order valence-corrected chi connectivity index (χ3v) is 6.50. The molecule has 0 aliphatic carbocycles. The molecule has 0 saturated carbocycles. The van der Waals surface area contributed by atoms with Crippen molar-refractivity contribution in [2.75, 3.05) is 6.61 Å². The van der Waals surface area contributed by atoms with E-state index in [0.29, 0.717) is 5.56 Å². The fraction of sp³-hybridized carbons (Fsp3) is 0.375. The van der Waals surface area contributed by atoms with E-state index in [9.17, 15) is 18.0 Å². The first-order valence-electron chi connectivity index (χ1n) is 10.9. The van der Waals surface area contributed by atoms with Crippen LogP contribution in [0.15, 0.2) is 48.5 Å². The molecule has 2 aromatic heterocycles. The number of carbonyl (C=O) groups is 1. The van der Waals surface area contributed by atoms with Gasteiger partial charge in [-0.05, 0) is 44.4 Å². The fourth-order valence-corrected chi connectivity index (χ4v) is 5.04. The monoisotopic (exact) mass is 456 g/mol. The van der Waals surface area contributed by atoms with Crippen LogP contribution in [0.5, 0.6) is 5.88 Å². The lowest BCUT2D eigenvalue weighted by atomic mass is 9.90. The van der Waals surface area contributed by atoms with Crippen molar-refractivity contribution >= 4 is 5.91 Å². The molecule has 1 aromatic carbocycles. The predicted octanol–water partition coefficient (Wildman–Crippen LogP) is 4.87. The molecule has 33 heavy (non-hydrogen) atoms. The molecule has 9 heteroatoms. The van der Waals surface area contributed by atoms with Crippen molar-refractivity contribution in [1.29, 1.82) is 0 Å². The number of carbonyl (C=O) groups excluding carboxylic acids is 1. The summed E-state index contributed by atoms with van der Waals surface area (Å²) in [5.41, 5.74) is 2.03. The molecule has 2 aliphatic rings. The van der Waals surface area contributed by atoms with Crippen LogP contribution in [0.3, 0.4) is 0 Å². The molecule has 2 bridgehead atoms. The van der Waals surface area contributed by atoms with E-state index in [4.69, 9.17) is 4.74 Å². The minimum Gasteiger partial charge on any atom is -0.477 e. The van der Waals surface area contributed by atoms with E-state index in [1.54, 1.807) is 0 Å². The van der Waals surface area contributed by atoms with E-state index >= 15 is 0 Å². The van der Waals surface area contributed by atoms with Gasteiger partial charge in [0.25, 0.3) is 5.91 Å². The summed E-state index contributed by atoms with van der Waals surface area (Å²) in [5, 5.41) is 7.23. The van der Waals surface area contributed by atoms with Crippen molar-refractivity contribution in [2.45, 2.75) is 44.4 Å². The van der Waals surface area contributed by atoms with Crippen LogP contribution in [-0.4, -0.2) is 44.7 Å². The molecule has 1 amide bonds. The quantitative estimate of drug-likeness (QED) is 0.595. The summed E-state index contributed by atoms with van der Waals surface area (Å²) in [7, 11) is 0. The number of hydrogen-bond acceptors (Lipinski definition) is 4. The molecule has 5 rings (SSSR count). The van der Waals surface area contributed by atoms with Crippen LogP contribution in [0, 0.1) is 12.8 Å². The van der Waals surface area contributed by atoms with Gasteiger partial charge in [0.15, 0.2) is 0 Å². The minimum atomic E-state index is -4.52. The number of nitrogens with zero attached hydrogens (tertiary/aromatic N) is 3. The van der Waals surface area contributed by atoms with Gasteiger partial charge in [-0.25, -0.2) is 4.98 Å². The first-order valence-corrected chi connectivity index (χ1v) is 10.9. The molecule has 2 saturated heterocycles. The van der Waals surface area contributed by atoms with Gasteiger partial charge < -0.3 is 9.64 Å². The van der Waals surface area contributed by atoms with E-state index in [-0.39, 0.29) is 36.4 Å². The molecule has 3 aromatic rings. The van der Waals surface area contributed by atoms with Gasteiger partial charge in [-0.15, -0.1) is 0 Å². The third-order valence-electron chi connectivity index (χ3n) is 6.50. The van der Waals surface area contributed by atoms with Crippen LogP contribution in [0.25, 0.3) is 11.3 Å². The van der Waals surface area contributed by atoms with Gasteiger partial charge in [0.05, 0.1) is 12.3 Å². The van der Waals surface area contributed by atoms with Gasteiger partial charge in [-0.3, -0.25) is 9.89 Å². The Morgan fingerprint density at radius 1 is 1.18 bits per heavy atom. The summed E-state index contributed by atoms with van der Waals surface area (Å²) < 4.78 is 44.4. The molecule has 0 radical (unpaired) electrons. The van der Waals surface area contributed by atoms with Crippen molar-refractivity contribution in [1.82, 2.24) is 20.1 Å². The van der Waals surface area contributed by atoms with E-state index in [1.807, 2.05) is 42.2 Å². The van der Waals surface area contributed by atoms with Gasteiger partial charge in [-0.2, -0.15) is 18.3 Å².